The molecule has 1 fully saturated rings. The number of para-hydroxylation sites is 1. The maximum absolute atomic E-state index is 14.4. The molecule has 0 radical (unpaired) electrons. The minimum atomic E-state index is -3.18. The Morgan fingerprint density at radius 3 is 2.54 bits per heavy atom. The lowest BCUT2D eigenvalue weighted by Gasteiger charge is -2.26. The molecule has 4 nitrogen and oxygen atoms in total. The van der Waals surface area contributed by atoms with Crippen molar-refractivity contribution in [1.29, 1.82) is 0 Å². The molecule has 0 aromatic heterocycles. The van der Waals surface area contributed by atoms with Crippen LogP contribution in [0.25, 0.3) is 0 Å². The molecular weight excluding hydrogens is 378 g/mol. The minimum absolute atomic E-state index is 0.0107. The van der Waals surface area contributed by atoms with E-state index in [-0.39, 0.29) is 29.4 Å². The summed E-state index contributed by atoms with van der Waals surface area (Å²) in [5.74, 6) is -0.215. The second-order valence-corrected chi connectivity index (χ2v) is 9.46. The Morgan fingerprint density at radius 1 is 1.08 bits per heavy atom. The van der Waals surface area contributed by atoms with Gasteiger partial charge in [0.2, 0.25) is 0 Å². The number of hydrogen-bond acceptors (Lipinski definition) is 5. The van der Waals surface area contributed by atoms with Gasteiger partial charge in [-0.3, -0.25) is 4.99 Å². The average molecular weight is 394 g/mol. The van der Waals surface area contributed by atoms with Crippen LogP contribution in [0.2, 0.25) is 0 Å². The quantitative estimate of drug-likeness (QED) is 0.802. The van der Waals surface area contributed by atoms with E-state index in [1.165, 1.54) is 30.0 Å². The number of nitrogens with zero attached hydrogens (tertiary/aromatic N) is 2. The van der Waals surface area contributed by atoms with Gasteiger partial charge in [0.1, 0.15) is 11.6 Å². The predicted molar refractivity (Wildman–Crippen MR) is 100 cm³/mol. The maximum atomic E-state index is 14.4. The molecule has 0 amide bonds. The molecule has 2 aliphatic heterocycles. The van der Waals surface area contributed by atoms with Crippen LogP contribution < -0.4 is 4.90 Å². The van der Waals surface area contributed by atoms with E-state index in [1.54, 1.807) is 35.2 Å². The Bertz CT molecular complexity index is 961. The highest BCUT2D eigenvalue weighted by atomic mass is 32.2. The van der Waals surface area contributed by atoms with Crippen LogP contribution >= 0.6 is 11.8 Å². The number of amidine groups is 1. The highest BCUT2D eigenvalue weighted by Gasteiger charge is 2.47. The van der Waals surface area contributed by atoms with E-state index in [4.69, 9.17) is 0 Å². The number of rotatable bonds is 3. The third kappa shape index (κ3) is 3.35. The lowest BCUT2D eigenvalue weighted by molar-refractivity contribution is 0.600. The van der Waals surface area contributed by atoms with Crippen molar-refractivity contribution in [3.8, 4) is 0 Å². The fourth-order valence-electron chi connectivity index (χ4n) is 3.29. The molecule has 0 aliphatic carbocycles. The summed E-state index contributed by atoms with van der Waals surface area (Å²) in [5.41, 5.74) is 1.25. The Morgan fingerprint density at radius 2 is 1.81 bits per heavy atom. The number of benzene rings is 2. The summed E-state index contributed by atoms with van der Waals surface area (Å²) in [5, 5.41) is 0.601. The molecule has 0 bridgehead atoms. The number of aliphatic imine (C=N–C) groups is 1. The first-order valence-electron chi connectivity index (χ1n) is 8.12. The van der Waals surface area contributed by atoms with Gasteiger partial charge >= 0.3 is 0 Å². The van der Waals surface area contributed by atoms with Gasteiger partial charge in [0.15, 0.2) is 15.0 Å². The van der Waals surface area contributed by atoms with Crippen LogP contribution in [-0.2, 0) is 15.6 Å². The van der Waals surface area contributed by atoms with Crippen molar-refractivity contribution in [3.63, 3.8) is 0 Å². The van der Waals surface area contributed by atoms with Crippen molar-refractivity contribution < 1.29 is 17.2 Å². The van der Waals surface area contributed by atoms with E-state index in [1.807, 2.05) is 0 Å². The molecule has 2 aromatic carbocycles. The third-order valence-corrected chi connectivity index (χ3v) is 7.24. The Labute approximate surface area is 154 Å². The van der Waals surface area contributed by atoms with Crippen LogP contribution in [0.1, 0.15) is 5.56 Å². The van der Waals surface area contributed by atoms with Gasteiger partial charge in [0, 0.05) is 5.75 Å². The molecule has 1 saturated heterocycles. The Balaban J connectivity index is 1.63. The van der Waals surface area contributed by atoms with Crippen molar-refractivity contribution in [2.24, 2.45) is 4.99 Å². The summed E-state index contributed by atoms with van der Waals surface area (Å²) < 4.78 is 51.4. The zero-order valence-electron chi connectivity index (χ0n) is 13.7. The van der Waals surface area contributed by atoms with Crippen molar-refractivity contribution in [1.82, 2.24) is 0 Å². The van der Waals surface area contributed by atoms with Crippen LogP contribution in [0.3, 0.4) is 0 Å². The van der Waals surface area contributed by atoms with Gasteiger partial charge < -0.3 is 4.90 Å². The standard InChI is InChI=1S/C18H16F2N2O2S2/c19-13-7-5-12(6-8-13)9-25-18-21-15-10-26(23,24)11-17(15)22(18)16-4-2-1-3-14(16)20/h1-8,15,17H,9-11H2/t15-,17+/m1/s1. The number of thioether (sulfide) groups is 1. The highest BCUT2D eigenvalue weighted by Crippen LogP contribution is 2.36. The lowest BCUT2D eigenvalue weighted by atomic mass is 10.1. The smallest absolute Gasteiger partial charge is 0.164 e. The molecule has 2 atom stereocenters. The predicted octanol–water partition coefficient (Wildman–Crippen LogP) is 3.24. The van der Waals surface area contributed by atoms with Crippen LogP contribution in [0, 0.1) is 11.6 Å². The number of hydrogen-bond donors (Lipinski definition) is 0. The van der Waals surface area contributed by atoms with Crippen LogP contribution in [0.15, 0.2) is 53.5 Å². The number of anilines is 1. The zero-order chi connectivity index (χ0) is 18.3. The fraction of sp³-hybridized carbons (Fsp3) is 0.278. The van der Waals surface area contributed by atoms with Crippen molar-refractivity contribution >= 4 is 32.5 Å². The highest BCUT2D eigenvalue weighted by molar-refractivity contribution is 8.13. The number of halogens is 2. The van der Waals surface area contributed by atoms with Gasteiger partial charge in [-0.1, -0.05) is 36.0 Å². The van der Waals surface area contributed by atoms with Crippen molar-refractivity contribution in [2.45, 2.75) is 17.8 Å². The van der Waals surface area contributed by atoms with Gasteiger partial charge in [-0.2, -0.15) is 0 Å². The molecule has 0 spiro atoms. The molecule has 26 heavy (non-hydrogen) atoms. The zero-order valence-corrected chi connectivity index (χ0v) is 15.3. The fourth-order valence-corrected chi connectivity index (χ4v) is 6.21. The van der Waals surface area contributed by atoms with Crippen molar-refractivity contribution in [3.05, 3.63) is 65.7 Å². The topological polar surface area (TPSA) is 49.7 Å². The first kappa shape index (κ1) is 17.5. The van der Waals surface area contributed by atoms with E-state index in [0.717, 1.165) is 5.56 Å². The summed E-state index contributed by atoms with van der Waals surface area (Å²) >= 11 is 1.40. The third-order valence-electron chi connectivity index (χ3n) is 4.50. The first-order chi connectivity index (χ1) is 12.4. The lowest BCUT2D eigenvalue weighted by Crippen LogP contribution is -2.39. The Kier molecular flexibility index (Phi) is 4.48. The molecule has 8 heteroatoms. The average Bonchev–Trinajstić information content (AvgIpc) is 3.06. The van der Waals surface area contributed by atoms with Gasteiger partial charge in [-0.15, -0.1) is 0 Å². The molecular formula is C18H16F2N2O2S2. The van der Waals surface area contributed by atoms with Gasteiger partial charge in [-0.05, 0) is 29.8 Å². The molecule has 0 unspecified atom stereocenters. The first-order valence-corrected chi connectivity index (χ1v) is 10.9. The van der Waals surface area contributed by atoms with E-state index < -0.39 is 15.7 Å². The summed E-state index contributed by atoms with van der Waals surface area (Å²) in [4.78, 5) is 6.27. The normalized spacial score (nSPS) is 23.8. The monoisotopic (exact) mass is 394 g/mol. The molecule has 2 aliphatic rings. The summed E-state index contributed by atoms with van der Waals surface area (Å²) in [6.07, 6.45) is 0. The molecule has 4 rings (SSSR count). The second kappa shape index (κ2) is 6.66. The van der Waals surface area contributed by atoms with E-state index in [2.05, 4.69) is 4.99 Å². The SMILES string of the molecule is O=S1(=O)C[C@H]2N=C(SCc3ccc(F)cc3)N(c3ccccc3F)[C@H]2C1. The number of sulfone groups is 1. The van der Waals surface area contributed by atoms with Gasteiger partial charge in [-0.25, -0.2) is 17.2 Å². The molecule has 2 heterocycles. The minimum Gasteiger partial charge on any atom is -0.312 e. The summed E-state index contributed by atoms with van der Waals surface area (Å²) in [6, 6.07) is 11.7. The maximum Gasteiger partial charge on any atom is 0.164 e. The van der Waals surface area contributed by atoms with Gasteiger partial charge in [0.25, 0.3) is 0 Å². The van der Waals surface area contributed by atoms with Crippen LogP contribution in [0.5, 0.6) is 0 Å². The molecule has 136 valence electrons. The molecule has 2 aromatic rings. The van der Waals surface area contributed by atoms with Crippen LogP contribution in [-0.4, -0.2) is 37.2 Å². The number of fused-ring (bicyclic) bond motifs is 1. The largest absolute Gasteiger partial charge is 0.312 e. The summed E-state index contributed by atoms with van der Waals surface area (Å²) in [7, 11) is -3.18. The molecule has 0 saturated carbocycles. The van der Waals surface area contributed by atoms with E-state index in [0.29, 0.717) is 16.6 Å². The second-order valence-electron chi connectivity index (χ2n) is 6.36. The van der Waals surface area contributed by atoms with Crippen molar-refractivity contribution in [2.75, 3.05) is 16.4 Å². The van der Waals surface area contributed by atoms with E-state index >= 15 is 0 Å². The molecule has 0 N–H and O–H groups in total. The Hall–Kier alpha value is -1.93. The summed E-state index contributed by atoms with van der Waals surface area (Å²) in [6.45, 7) is 0. The van der Waals surface area contributed by atoms with Gasteiger partial charge in [0.05, 0.1) is 29.3 Å². The van der Waals surface area contributed by atoms with Crippen LogP contribution in [0.4, 0.5) is 14.5 Å². The van der Waals surface area contributed by atoms with E-state index in [9.17, 15) is 17.2 Å².